The number of nitrogens with zero attached hydrogens (tertiary/aromatic N) is 3. The molecular weight excluding hydrogens is 461 g/mol. The minimum absolute atomic E-state index is 0.0785. The number of nitrogen functional groups attached to an aromatic ring is 1. The van der Waals surface area contributed by atoms with E-state index in [2.05, 4.69) is 9.97 Å². The second-order valence-corrected chi connectivity index (χ2v) is 7.40. The van der Waals surface area contributed by atoms with Crippen molar-refractivity contribution in [3.8, 4) is 11.3 Å². The third-order valence-corrected chi connectivity index (χ3v) is 5.04. The molecule has 9 N–H and O–H groups in total. The normalized spacial score (nSPS) is 14.8. The Bertz CT molecular complexity index is 1270. The number of aromatic nitrogens is 3. The number of rotatable bonds is 7. The van der Waals surface area contributed by atoms with Crippen molar-refractivity contribution in [2.45, 2.75) is 24.8 Å². The van der Waals surface area contributed by atoms with Crippen molar-refractivity contribution in [2.24, 2.45) is 0 Å². The summed E-state index contributed by atoms with van der Waals surface area (Å²) in [7, 11) is 0. The molecule has 34 heavy (non-hydrogen) atoms. The fourth-order valence-electron chi connectivity index (χ4n) is 3.30. The van der Waals surface area contributed by atoms with E-state index in [9.17, 15) is 38.7 Å². The summed E-state index contributed by atoms with van der Waals surface area (Å²) in [5.74, 6) is -0.156. The van der Waals surface area contributed by atoms with E-state index in [-0.39, 0.29) is 34.1 Å². The highest BCUT2D eigenvalue weighted by molar-refractivity contribution is 5.82. The number of allylic oxidation sites excluding steroid dienone is 1. The van der Waals surface area contributed by atoms with E-state index in [0.717, 1.165) is 24.4 Å². The zero-order chi connectivity index (χ0) is 25.5. The van der Waals surface area contributed by atoms with Gasteiger partial charge in [0, 0.05) is 18.0 Å². The van der Waals surface area contributed by atoms with Gasteiger partial charge in [-0.3, -0.25) is 4.40 Å². The van der Waals surface area contributed by atoms with E-state index in [1.165, 1.54) is 22.9 Å². The molecular formula is C20H21F3N6O5. The molecule has 0 saturated carbocycles. The largest absolute Gasteiger partial charge is 0.423 e. The van der Waals surface area contributed by atoms with E-state index in [1.54, 1.807) is 6.92 Å². The van der Waals surface area contributed by atoms with Gasteiger partial charge in [-0.15, -0.1) is 0 Å². The summed E-state index contributed by atoms with van der Waals surface area (Å²) in [6.45, 7) is 0.0109. The number of aryl methyl sites for hydroxylation is 1. The quantitative estimate of drug-likeness (QED) is 0.171. The number of fused-ring (bicyclic) bond motifs is 1. The Balaban J connectivity index is 2.24. The molecule has 1 unspecified atom stereocenters. The van der Waals surface area contributed by atoms with Gasteiger partial charge in [-0.1, -0.05) is 12.1 Å². The Morgan fingerprint density at radius 1 is 1.24 bits per heavy atom. The molecule has 0 bridgehead atoms. The molecule has 3 aromatic rings. The number of alkyl halides is 3. The predicted molar refractivity (Wildman–Crippen MR) is 114 cm³/mol. The predicted octanol–water partition coefficient (Wildman–Crippen LogP) is 0.197. The van der Waals surface area contributed by atoms with Gasteiger partial charge < -0.3 is 42.0 Å². The maximum Gasteiger partial charge on any atom is 0.423 e. The fraction of sp³-hybridized carbons (Fsp3) is 0.250. The van der Waals surface area contributed by atoms with E-state index >= 15 is 0 Å². The van der Waals surface area contributed by atoms with E-state index in [0.29, 0.717) is 5.56 Å². The van der Waals surface area contributed by atoms with Crippen LogP contribution in [0.2, 0.25) is 0 Å². The van der Waals surface area contributed by atoms with Gasteiger partial charge in [0.1, 0.15) is 5.69 Å². The second kappa shape index (κ2) is 8.66. The smallest absolute Gasteiger partial charge is 0.393 e. The summed E-state index contributed by atoms with van der Waals surface area (Å²) in [4.78, 5) is 8.17. The van der Waals surface area contributed by atoms with Crippen molar-refractivity contribution in [1.29, 1.82) is 5.41 Å². The summed E-state index contributed by atoms with van der Waals surface area (Å²) in [6.07, 6.45) is -4.11. The highest BCUT2D eigenvalue weighted by Gasteiger charge is 2.54. The molecule has 182 valence electrons. The first kappa shape index (κ1) is 25.1. The Hall–Kier alpha value is -3.56. The molecule has 1 atom stereocenters. The first-order chi connectivity index (χ1) is 15.7. The molecule has 0 aliphatic heterocycles. The number of aliphatic hydroxyl groups is 5. The number of aliphatic hydroxyl groups excluding tert-OH is 1. The van der Waals surface area contributed by atoms with Gasteiger partial charge in [-0.05, 0) is 30.2 Å². The Morgan fingerprint density at radius 2 is 1.91 bits per heavy atom. The van der Waals surface area contributed by atoms with Crippen LogP contribution in [0.3, 0.4) is 0 Å². The van der Waals surface area contributed by atoms with Crippen LogP contribution in [0.1, 0.15) is 16.8 Å². The van der Waals surface area contributed by atoms with Gasteiger partial charge >= 0.3 is 12.3 Å². The van der Waals surface area contributed by atoms with Gasteiger partial charge in [0.2, 0.25) is 5.60 Å². The van der Waals surface area contributed by atoms with Crippen LogP contribution >= 0.6 is 0 Å². The standard InChI is InChI=1S/C20H21F3N6O5/c1-10-2-3-11(18(31,9-30)19(21,22)23)6-12(10)15-7-26-17-16(25)27-14(8-29(15)17)13(4-5-24)28-20(32,33)34/h2-8,24,28,30-34H,9H2,1H3,(H2,25,27)/b13-4-,24-5?. The lowest BCUT2D eigenvalue weighted by Gasteiger charge is -2.29. The third-order valence-electron chi connectivity index (χ3n) is 5.04. The highest BCUT2D eigenvalue weighted by atomic mass is 19.4. The fourth-order valence-corrected chi connectivity index (χ4v) is 3.30. The monoisotopic (exact) mass is 482 g/mol. The van der Waals surface area contributed by atoms with Gasteiger partial charge in [-0.25, -0.2) is 9.97 Å². The van der Waals surface area contributed by atoms with Crippen molar-refractivity contribution in [3.05, 3.63) is 53.5 Å². The van der Waals surface area contributed by atoms with Crippen LogP contribution in [0.5, 0.6) is 0 Å². The number of halogens is 3. The Morgan fingerprint density at radius 3 is 2.47 bits per heavy atom. The lowest BCUT2D eigenvalue weighted by Crippen LogP contribution is -2.45. The van der Waals surface area contributed by atoms with E-state index in [1.807, 2.05) is 5.32 Å². The molecule has 2 aromatic heterocycles. The molecule has 0 aliphatic rings. The summed E-state index contributed by atoms with van der Waals surface area (Å²) in [5, 5.41) is 56.4. The second-order valence-electron chi connectivity index (χ2n) is 7.40. The minimum atomic E-state index is -5.15. The number of imidazole rings is 1. The zero-order valence-electron chi connectivity index (χ0n) is 17.5. The Labute approximate surface area is 189 Å². The van der Waals surface area contributed by atoms with Crippen molar-refractivity contribution in [3.63, 3.8) is 0 Å². The van der Waals surface area contributed by atoms with E-state index in [4.69, 9.17) is 11.1 Å². The number of hydrogen-bond donors (Lipinski definition) is 8. The SMILES string of the molecule is Cc1ccc(C(O)(CO)C(F)(F)F)cc1-c1cnc2c(N)nc(/C(=C/C=N)NC(O)(O)O)cn12. The summed E-state index contributed by atoms with van der Waals surface area (Å²) in [6, 6.07) is 3.44. The number of nitrogens with one attached hydrogen (secondary N) is 2. The van der Waals surface area contributed by atoms with Gasteiger partial charge in [-0.2, -0.15) is 13.2 Å². The average molecular weight is 482 g/mol. The van der Waals surface area contributed by atoms with Crippen molar-refractivity contribution in [2.75, 3.05) is 12.3 Å². The van der Waals surface area contributed by atoms with Crippen LogP contribution in [-0.2, 0) is 5.60 Å². The third kappa shape index (κ3) is 4.57. The maximum atomic E-state index is 13.5. The molecule has 3 rings (SSSR count). The molecule has 0 fully saturated rings. The lowest BCUT2D eigenvalue weighted by molar-refractivity contribution is -0.323. The molecule has 0 amide bonds. The Kier molecular flexibility index (Phi) is 6.38. The van der Waals surface area contributed by atoms with Crippen LogP contribution in [0.4, 0.5) is 19.0 Å². The van der Waals surface area contributed by atoms with Crippen molar-refractivity contribution >= 4 is 23.4 Å². The average Bonchev–Trinajstić information content (AvgIpc) is 3.16. The molecule has 0 radical (unpaired) electrons. The first-order valence-electron chi connectivity index (χ1n) is 9.53. The zero-order valence-corrected chi connectivity index (χ0v) is 17.5. The molecule has 0 spiro atoms. The van der Waals surface area contributed by atoms with Crippen LogP contribution < -0.4 is 11.1 Å². The molecule has 14 heteroatoms. The molecule has 11 nitrogen and oxygen atoms in total. The number of benzene rings is 1. The topological polar surface area (TPSA) is 193 Å². The van der Waals surface area contributed by atoms with Gasteiger partial charge in [0.05, 0.1) is 24.2 Å². The van der Waals surface area contributed by atoms with Crippen LogP contribution in [0.15, 0.2) is 36.7 Å². The molecule has 2 heterocycles. The molecule has 0 aliphatic carbocycles. The van der Waals surface area contributed by atoms with E-state index < -0.39 is 30.0 Å². The molecule has 0 saturated heterocycles. The maximum absolute atomic E-state index is 13.5. The summed E-state index contributed by atoms with van der Waals surface area (Å²) < 4.78 is 41.8. The summed E-state index contributed by atoms with van der Waals surface area (Å²) in [5.41, 5.74) is 2.58. The van der Waals surface area contributed by atoms with Crippen LogP contribution in [0, 0.1) is 12.3 Å². The first-order valence-corrected chi connectivity index (χ1v) is 9.53. The number of nitrogens with two attached hydrogens (primary N) is 1. The lowest BCUT2D eigenvalue weighted by atomic mass is 9.90. The van der Waals surface area contributed by atoms with Crippen LogP contribution in [-0.4, -0.2) is 65.0 Å². The van der Waals surface area contributed by atoms with Crippen molar-refractivity contribution in [1.82, 2.24) is 19.7 Å². The van der Waals surface area contributed by atoms with Gasteiger partial charge in [0.15, 0.2) is 11.5 Å². The minimum Gasteiger partial charge on any atom is -0.393 e. The number of hydrogen-bond acceptors (Lipinski definition) is 10. The van der Waals surface area contributed by atoms with Crippen LogP contribution in [0.25, 0.3) is 22.6 Å². The van der Waals surface area contributed by atoms with Gasteiger partial charge in [0.25, 0.3) is 0 Å². The number of anilines is 1. The molecule has 1 aromatic carbocycles. The highest BCUT2D eigenvalue weighted by Crippen LogP contribution is 2.40. The van der Waals surface area contributed by atoms with Crippen molar-refractivity contribution < 1.29 is 38.7 Å². The summed E-state index contributed by atoms with van der Waals surface area (Å²) >= 11 is 0.